The molecule has 0 radical (unpaired) electrons. The number of hydrogen-bond acceptors (Lipinski definition) is 4. The summed E-state index contributed by atoms with van der Waals surface area (Å²) in [4.78, 5) is 0. The normalized spacial score (nSPS) is 9.14. The quantitative estimate of drug-likeness (QED) is 0.428. The molecule has 0 saturated carbocycles. The minimum Gasteiger partial charge on any atom is -0.498 e. The van der Waals surface area contributed by atoms with Crippen LogP contribution in [-0.4, -0.2) is 13.2 Å². The summed E-state index contributed by atoms with van der Waals surface area (Å²) < 4.78 is 10.2. The van der Waals surface area contributed by atoms with Gasteiger partial charge in [0.15, 0.2) is 0 Å². The van der Waals surface area contributed by atoms with Gasteiger partial charge in [-0.15, -0.1) is 0 Å². The molecule has 0 unspecified atom stereocenters. The van der Waals surface area contributed by atoms with E-state index in [4.69, 9.17) is 15.0 Å². The highest BCUT2D eigenvalue weighted by molar-refractivity contribution is 5.40. The molecule has 0 aromatic heterocycles. The summed E-state index contributed by atoms with van der Waals surface area (Å²) >= 11 is 0. The molecule has 0 aliphatic carbocycles. The Morgan fingerprint density at radius 2 is 2.00 bits per heavy atom. The molecule has 1 N–H and O–H groups in total. The first-order valence-corrected chi connectivity index (χ1v) is 4.19. The first kappa shape index (κ1) is 10.2. The Bertz CT molecular complexity index is 295. The summed E-state index contributed by atoms with van der Waals surface area (Å²) in [6.07, 6.45) is 1.38. The van der Waals surface area contributed by atoms with E-state index in [1.54, 1.807) is 24.3 Å². The Morgan fingerprint density at radius 3 is 2.57 bits per heavy atom. The van der Waals surface area contributed by atoms with E-state index in [9.17, 15) is 0 Å². The number of rotatable bonds is 6. The van der Waals surface area contributed by atoms with E-state index in [0.717, 1.165) is 5.75 Å². The fourth-order valence-corrected chi connectivity index (χ4v) is 0.908. The fourth-order valence-electron chi connectivity index (χ4n) is 0.908. The second-order valence-corrected chi connectivity index (χ2v) is 2.49. The smallest absolute Gasteiger partial charge is 0.122 e. The molecule has 1 rings (SSSR count). The zero-order valence-electron chi connectivity index (χ0n) is 7.77. The van der Waals surface area contributed by atoms with Crippen molar-refractivity contribution in [1.82, 2.24) is 0 Å². The summed E-state index contributed by atoms with van der Waals surface area (Å²) in [5.74, 6) is 0.741. The van der Waals surface area contributed by atoms with Gasteiger partial charge in [-0.1, -0.05) is 6.58 Å². The molecule has 0 aliphatic rings. The Morgan fingerprint density at radius 1 is 1.29 bits per heavy atom. The van der Waals surface area contributed by atoms with Crippen LogP contribution in [0.1, 0.15) is 0 Å². The van der Waals surface area contributed by atoms with Gasteiger partial charge in [-0.25, -0.2) is 5.53 Å². The first-order valence-electron chi connectivity index (χ1n) is 4.19. The maximum absolute atomic E-state index is 6.76. The summed E-state index contributed by atoms with van der Waals surface area (Å²) in [5.41, 5.74) is 7.37. The van der Waals surface area contributed by atoms with Crippen molar-refractivity contribution in [3.8, 4) is 5.75 Å². The summed E-state index contributed by atoms with van der Waals surface area (Å²) in [7, 11) is 0. The lowest BCUT2D eigenvalue weighted by Crippen LogP contribution is -2.03. The van der Waals surface area contributed by atoms with Crippen molar-refractivity contribution in [2.75, 3.05) is 13.2 Å². The minimum absolute atomic E-state index is 0.476. The van der Waals surface area contributed by atoms with Gasteiger partial charge >= 0.3 is 0 Å². The molecule has 14 heavy (non-hydrogen) atoms. The standard InChI is InChI=1S/C10H12N2O2/c1-2-13-7-8-14-10-5-3-9(12-11)4-6-10/h2-6,11H,1,7-8H2. The highest BCUT2D eigenvalue weighted by atomic mass is 16.5. The average Bonchev–Trinajstić information content (AvgIpc) is 2.25. The van der Waals surface area contributed by atoms with Gasteiger partial charge in [-0.05, 0) is 24.3 Å². The van der Waals surface area contributed by atoms with Crippen LogP contribution in [0.15, 0.2) is 42.2 Å². The van der Waals surface area contributed by atoms with E-state index in [-0.39, 0.29) is 0 Å². The first-order chi connectivity index (χ1) is 6.86. The van der Waals surface area contributed by atoms with Crippen LogP contribution >= 0.6 is 0 Å². The highest BCUT2D eigenvalue weighted by Gasteiger charge is 1.93. The number of benzene rings is 1. The van der Waals surface area contributed by atoms with Gasteiger partial charge in [-0.2, -0.15) is 5.11 Å². The van der Waals surface area contributed by atoms with Crippen LogP contribution in [-0.2, 0) is 4.74 Å². The predicted octanol–water partition coefficient (Wildman–Crippen LogP) is 2.89. The summed E-state index contributed by atoms with van der Waals surface area (Å²) in [5, 5.41) is 3.28. The molecule has 1 aromatic rings. The SMILES string of the molecule is C=COCCOc1ccc(N=N)cc1. The number of hydrogen-bond donors (Lipinski definition) is 1. The molecular weight excluding hydrogens is 180 g/mol. The number of ether oxygens (including phenoxy) is 2. The molecule has 74 valence electrons. The molecule has 0 spiro atoms. The molecular formula is C10H12N2O2. The molecule has 4 heteroatoms. The van der Waals surface area contributed by atoms with Crippen molar-refractivity contribution < 1.29 is 9.47 Å². The van der Waals surface area contributed by atoms with Crippen LogP contribution in [0, 0.1) is 5.53 Å². The van der Waals surface area contributed by atoms with E-state index in [0.29, 0.717) is 18.9 Å². The van der Waals surface area contributed by atoms with E-state index >= 15 is 0 Å². The molecule has 4 nitrogen and oxygen atoms in total. The van der Waals surface area contributed by atoms with Gasteiger partial charge in [-0.3, -0.25) is 0 Å². The van der Waals surface area contributed by atoms with Crippen LogP contribution in [0.3, 0.4) is 0 Å². The monoisotopic (exact) mass is 192 g/mol. The molecule has 0 aliphatic heterocycles. The van der Waals surface area contributed by atoms with Crippen LogP contribution in [0.25, 0.3) is 0 Å². The highest BCUT2D eigenvalue weighted by Crippen LogP contribution is 2.17. The Hall–Kier alpha value is -1.84. The lowest BCUT2D eigenvalue weighted by molar-refractivity contribution is 0.179. The van der Waals surface area contributed by atoms with E-state index in [2.05, 4.69) is 11.7 Å². The third-order valence-electron chi connectivity index (χ3n) is 1.55. The van der Waals surface area contributed by atoms with Crippen LogP contribution in [0.2, 0.25) is 0 Å². The molecule has 0 fully saturated rings. The zero-order valence-corrected chi connectivity index (χ0v) is 7.77. The third-order valence-corrected chi connectivity index (χ3v) is 1.55. The van der Waals surface area contributed by atoms with Gasteiger partial charge < -0.3 is 9.47 Å². The third kappa shape index (κ3) is 3.26. The van der Waals surface area contributed by atoms with Crippen LogP contribution < -0.4 is 4.74 Å². The van der Waals surface area contributed by atoms with Crippen molar-refractivity contribution in [3.05, 3.63) is 37.1 Å². The fraction of sp³-hybridized carbons (Fsp3) is 0.200. The number of nitrogens with zero attached hydrogens (tertiary/aromatic N) is 1. The van der Waals surface area contributed by atoms with E-state index in [1.165, 1.54) is 6.26 Å². The van der Waals surface area contributed by atoms with Crippen molar-refractivity contribution in [1.29, 1.82) is 5.53 Å². The van der Waals surface area contributed by atoms with E-state index < -0.39 is 0 Å². The van der Waals surface area contributed by atoms with Crippen molar-refractivity contribution in [3.63, 3.8) is 0 Å². The Labute approximate surface area is 82.7 Å². The Balaban J connectivity index is 2.36. The number of nitrogens with one attached hydrogen (secondary N) is 1. The van der Waals surface area contributed by atoms with E-state index in [1.807, 2.05) is 0 Å². The van der Waals surface area contributed by atoms with Gasteiger partial charge in [0.05, 0.1) is 11.9 Å². The lowest BCUT2D eigenvalue weighted by atomic mass is 10.3. The maximum Gasteiger partial charge on any atom is 0.122 e. The van der Waals surface area contributed by atoms with Gasteiger partial charge in [0.1, 0.15) is 19.0 Å². The lowest BCUT2D eigenvalue weighted by Gasteiger charge is -2.05. The van der Waals surface area contributed by atoms with Crippen LogP contribution in [0.4, 0.5) is 5.69 Å². The van der Waals surface area contributed by atoms with Gasteiger partial charge in [0, 0.05) is 0 Å². The topological polar surface area (TPSA) is 54.7 Å². The van der Waals surface area contributed by atoms with Crippen molar-refractivity contribution in [2.45, 2.75) is 0 Å². The Kier molecular flexibility index (Phi) is 4.20. The van der Waals surface area contributed by atoms with Gasteiger partial charge in [0.25, 0.3) is 0 Å². The van der Waals surface area contributed by atoms with Crippen molar-refractivity contribution in [2.24, 2.45) is 5.11 Å². The second kappa shape index (κ2) is 5.75. The summed E-state index contributed by atoms with van der Waals surface area (Å²) in [6.45, 7) is 4.37. The van der Waals surface area contributed by atoms with Gasteiger partial charge in [0.2, 0.25) is 0 Å². The molecule has 0 heterocycles. The minimum atomic E-state index is 0.476. The largest absolute Gasteiger partial charge is 0.498 e. The average molecular weight is 192 g/mol. The summed E-state index contributed by atoms with van der Waals surface area (Å²) in [6, 6.07) is 6.97. The molecule has 0 atom stereocenters. The molecule has 0 saturated heterocycles. The maximum atomic E-state index is 6.76. The second-order valence-electron chi connectivity index (χ2n) is 2.49. The predicted molar refractivity (Wildman–Crippen MR) is 52.9 cm³/mol. The van der Waals surface area contributed by atoms with Crippen LogP contribution in [0.5, 0.6) is 5.75 Å². The zero-order chi connectivity index (χ0) is 10.2. The molecule has 0 amide bonds. The molecule has 0 bridgehead atoms. The van der Waals surface area contributed by atoms with Crippen molar-refractivity contribution >= 4 is 5.69 Å². The molecule has 1 aromatic carbocycles.